The maximum atomic E-state index is 8.00. The van der Waals surface area contributed by atoms with Gasteiger partial charge in [-0.25, -0.2) is 0 Å². The van der Waals surface area contributed by atoms with Crippen LogP contribution in [0.5, 0.6) is 0 Å². The molecule has 2 radical (unpaired) electrons. The van der Waals surface area contributed by atoms with E-state index in [1.807, 2.05) is 27.2 Å². The summed E-state index contributed by atoms with van der Waals surface area (Å²) in [5.41, 5.74) is 0. The Labute approximate surface area is 94.8 Å². The molecule has 13 heavy (non-hydrogen) atoms. The van der Waals surface area contributed by atoms with Crippen molar-refractivity contribution in [3.8, 4) is 0 Å². The Morgan fingerprint density at radius 1 is 0.615 bits per heavy atom. The fourth-order valence-corrected chi connectivity index (χ4v) is 0. The molecule has 0 bridgehead atoms. The Morgan fingerprint density at radius 2 is 0.615 bits per heavy atom. The Kier molecular flexibility index (Phi) is 539. The smallest absolute Gasteiger partial charge is 0 e. The zero-order valence-electron chi connectivity index (χ0n) is 8.29. The van der Waals surface area contributed by atoms with Gasteiger partial charge in [0.2, 0.25) is 0 Å². The van der Waals surface area contributed by atoms with Crippen LogP contribution in [-0.2, 0) is 36.0 Å². The van der Waals surface area contributed by atoms with E-state index in [0.717, 1.165) is 0 Å². The van der Waals surface area contributed by atoms with Gasteiger partial charge in [0.1, 0.15) is 27.2 Å². The summed E-state index contributed by atoms with van der Waals surface area (Å²) >= 11 is -0.333. The molecule has 0 fully saturated rings. The molecule has 0 atom stereocenters. The van der Waals surface area contributed by atoms with Gasteiger partial charge in [0, 0.05) is 16.8 Å². The van der Waals surface area contributed by atoms with Crippen molar-refractivity contribution in [3.05, 3.63) is 0 Å². The van der Waals surface area contributed by atoms with Crippen molar-refractivity contribution in [2.24, 2.45) is 0 Å². The monoisotopic (exact) mass is 298 g/mol. The molecule has 0 amide bonds. The van der Waals surface area contributed by atoms with Crippen LogP contribution >= 0.6 is 0 Å². The van der Waals surface area contributed by atoms with E-state index in [1.54, 1.807) is 0 Å². The molecule has 0 aromatic rings. The molecule has 6 heteroatoms. The van der Waals surface area contributed by atoms with Crippen LogP contribution in [-0.4, -0.2) is 41.5 Å². The first-order chi connectivity index (χ1) is 5.73. The van der Waals surface area contributed by atoms with Crippen LogP contribution in [0.4, 0.5) is 0 Å². The Hall–Kier alpha value is -0.271. The Bertz CT molecular complexity index is 47.0. The van der Waals surface area contributed by atoms with E-state index in [4.69, 9.17) is 19.2 Å². The molecule has 0 aromatic heterocycles. The third kappa shape index (κ3) is 15200. The topological polar surface area (TPSA) is 68.3 Å². The molecular weight excluding hydrogens is 280 g/mol. The Morgan fingerprint density at radius 3 is 0.615 bits per heavy atom. The third-order valence-corrected chi connectivity index (χ3v) is 0. The molecule has 0 aliphatic carbocycles. The van der Waals surface area contributed by atoms with Crippen molar-refractivity contribution in [1.82, 2.24) is 0 Å². The first kappa shape index (κ1) is 38.7. The van der Waals surface area contributed by atoms with Crippen molar-refractivity contribution in [2.75, 3.05) is 0 Å². The van der Waals surface area contributed by atoms with Gasteiger partial charge in [0.05, 0.1) is 0 Å². The molecule has 0 N–H and O–H groups in total. The van der Waals surface area contributed by atoms with Gasteiger partial charge in [-0.3, -0.25) is 0 Å². The van der Waals surface area contributed by atoms with E-state index in [0.29, 0.717) is 0 Å². The maximum Gasteiger partial charge on any atom is 0 e. The predicted molar refractivity (Wildman–Crippen MR) is 51.8 cm³/mol. The minimum absolute atomic E-state index is 0. The zero-order valence-corrected chi connectivity index (χ0v) is 11.4. The summed E-state index contributed by atoms with van der Waals surface area (Å²) < 4.78 is 0. The molecule has 0 saturated carbocycles. The number of carbonyl (C=O) groups is 4. The van der Waals surface area contributed by atoms with Crippen molar-refractivity contribution >= 4 is 41.5 Å². The van der Waals surface area contributed by atoms with Gasteiger partial charge in [-0.2, -0.15) is 0 Å². The minimum Gasteiger partial charge on any atom is 0 e. The van der Waals surface area contributed by atoms with E-state index < -0.39 is 0 Å². The summed E-state index contributed by atoms with van der Waals surface area (Å²) in [6.45, 7) is 8.00. The molecule has 0 aliphatic rings. The minimum atomic E-state index is -0.333. The van der Waals surface area contributed by atoms with Crippen LogP contribution in [0.3, 0.4) is 0 Å². The normalized spacial score (nSPS) is 4.00. The first-order valence-corrected chi connectivity index (χ1v) is 8.95. The fraction of sp³-hybridized carbons (Fsp3) is 0.429. The number of hydrogen-bond acceptors (Lipinski definition) is 4. The van der Waals surface area contributed by atoms with Crippen LogP contribution < -0.4 is 0 Å². The fourth-order valence-electron chi connectivity index (χ4n) is 0. The second-order valence-electron chi connectivity index (χ2n) is 1.50. The van der Waals surface area contributed by atoms with Crippen LogP contribution in [0.1, 0.15) is 0 Å². The second kappa shape index (κ2) is 181. The molecular formula is C7H17CoGeO4. The van der Waals surface area contributed by atoms with E-state index in [2.05, 4.69) is 17.3 Å². The van der Waals surface area contributed by atoms with Crippen molar-refractivity contribution in [2.45, 2.75) is 17.3 Å². The molecule has 0 unspecified atom stereocenters. The van der Waals surface area contributed by atoms with Gasteiger partial charge in [-0.15, -0.1) is 0 Å². The van der Waals surface area contributed by atoms with E-state index in [9.17, 15) is 0 Å². The largest absolute Gasteiger partial charge is 0 e. The summed E-state index contributed by atoms with van der Waals surface area (Å²) in [5.74, 6) is 7.00. The molecule has 0 saturated heterocycles. The predicted octanol–water partition coefficient (Wildman–Crippen LogP) is 0.628. The molecule has 0 aromatic carbocycles. The van der Waals surface area contributed by atoms with E-state index >= 15 is 0 Å². The van der Waals surface area contributed by atoms with Gasteiger partial charge in [0.25, 0.3) is 0 Å². The van der Waals surface area contributed by atoms with Crippen molar-refractivity contribution in [3.63, 3.8) is 0 Å². The summed E-state index contributed by atoms with van der Waals surface area (Å²) in [4.78, 5) is 32.0. The van der Waals surface area contributed by atoms with Crippen LogP contribution in [0.15, 0.2) is 0 Å². The number of rotatable bonds is 0. The van der Waals surface area contributed by atoms with E-state index in [-0.39, 0.29) is 31.1 Å². The van der Waals surface area contributed by atoms with E-state index in [1.165, 1.54) is 0 Å². The zero-order chi connectivity index (χ0) is 11.6. The van der Waals surface area contributed by atoms with Gasteiger partial charge >= 0.3 is 31.6 Å². The summed E-state index contributed by atoms with van der Waals surface area (Å²) in [6, 6.07) is 0. The van der Waals surface area contributed by atoms with Crippen molar-refractivity contribution < 1.29 is 36.0 Å². The number of carbonyl (C=O) groups excluding carboxylic acids is 4. The first-order valence-electron chi connectivity index (χ1n) is 2.65. The molecule has 0 aliphatic heterocycles. The van der Waals surface area contributed by atoms with Gasteiger partial charge in [0.15, 0.2) is 0 Å². The molecule has 0 heterocycles. The average Bonchev–Trinajstić information content (AvgIpc) is 2.16. The second-order valence-corrected chi connectivity index (χ2v) is 7.79. The van der Waals surface area contributed by atoms with Gasteiger partial charge in [-0.1, -0.05) is 0 Å². The summed E-state index contributed by atoms with van der Waals surface area (Å²) in [5, 5.41) is 0. The quantitative estimate of drug-likeness (QED) is 0.615. The Balaban J connectivity index is -0.0000000122. The SMILES string of the molecule is C=O.C=O.C=O.C=O.[CH3][Ge]([CH3])[CH3].[Co]. The molecule has 4 nitrogen and oxygen atoms in total. The average molecular weight is 297 g/mol. The van der Waals surface area contributed by atoms with Gasteiger partial charge < -0.3 is 19.2 Å². The molecule has 82 valence electrons. The molecule has 0 rings (SSSR count). The summed E-state index contributed by atoms with van der Waals surface area (Å²) in [6.07, 6.45) is 0. The van der Waals surface area contributed by atoms with Crippen LogP contribution in [0.2, 0.25) is 17.3 Å². The van der Waals surface area contributed by atoms with Crippen LogP contribution in [0.25, 0.3) is 0 Å². The molecule has 0 spiro atoms. The summed E-state index contributed by atoms with van der Waals surface area (Å²) in [7, 11) is 0. The van der Waals surface area contributed by atoms with Gasteiger partial charge in [-0.05, 0) is 0 Å². The van der Waals surface area contributed by atoms with Crippen LogP contribution in [0, 0.1) is 0 Å². The standard InChI is InChI=1S/C3H9Ge.4CH2O.Co/c1-4(2)3;4*1-2;/h1-3H3;4*1H2;. The maximum absolute atomic E-state index is 8.00. The third-order valence-electron chi connectivity index (χ3n) is 0. The number of hydrogen-bond donors (Lipinski definition) is 0. The van der Waals surface area contributed by atoms with Crippen molar-refractivity contribution in [1.29, 1.82) is 0 Å².